The molecule has 0 amide bonds. The molecular formula is C18H16Br2O3. The summed E-state index contributed by atoms with van der Waals surface area (Å²) in [7, 11) is 1.68. The van der Waals surface area contributed by atoms with Gasteiger partial charge in [-0.25, -0.2) is 0 Å². The first kappa shape index (κ1) is 16.6. The molecule has 0 saturated carbocycles. The van der Waals surface area contributed by atoms with Crippen LogP contribution in [-0.4, -0.2) is 12.2 Å². The fourth-order valence-corrected chi connectivity index (χ4v) is 4.05. The Kier molecular flexibility index (Phi) is 4.80. The molecule has 0 fully saturated rings. The summed E-state index contributed by atoms with van der Waals surface area (Å²) < 4.78 is 13.0. The van der Waals surface area contributed by atoms with E-state index >= 15 is 0 Å². The lowest BCUT2D eigenvalue weighted by Gasteiger charge is -2.18. The number of furan rings is 1. The van der Waals surface area contributed by atoms with Crippen LogP contribution < -0.4 is 0 Å². The average molecular weight is 440 g/mol. The second-order valence-corrected chi connectivity index (χ2v) is 6.95. The van der Waals surface area contributed by atoms with Crippen LogP contribution in [-0.2, 0) is 11.2 Å². The molecule has 0 aliphatic heterocycles. The van der Waals surface area contributed by atoms with E-state index in [1.165, 1.54) is 0 Å². The van der Waals surface area contributed by atoms with Gasteiger partial charge >= 0.3 is 0 Å². The first-order valence-electron chi connectivity index (χ1n) is 7.27. The molecule has 0 saturated heterocycles. The molecule has 1 N–H and O–H groups in total. The van der Waals surface area contributed by atoms with E-state index in [1.807, 2.05) is 36.4 Å². The van der Waals surface area contributed by atoms with Crippen molar-refractivity contribution in [3.8, 4) is 5.75 Å². The standard InChI is InChI=1S/C18H16Br2O3/c1-3-14-16(11-6-4-5-7-15(11)23-14)18(22-2)10-8-12(19)17(21)13(20)9-10/h4-9,18,21H,3H2,1-2H3. The van der Waals surface area contributed by atoms with Crippen molar-refractivity contribution in [2.75, 3.05) is 7.11 Å². The largest absolute Gasteiger partial charge is 0.506 e. The van der Waals surface area contributed by atoms with E-state index in [9.17, 15) is 5.11 Å². The number of halogens is 2. The zero-order valence-corrected chi connectivity index (χ0v) is 15.9. The minimum Gasteiger partial charge on any atom is -0.506 e. The number of hydrogen-bond donors (Lipinski definition) is 1. The third-order valence-corrected chi connectivity index (χ3v) is 5.08. The lowest BCUT2D eigenvalue weighted by atomic mass is 9.97. The van der Waals surface area contributed by atoms with E-state index in [-0.39, 0.29) is 11.9 Å². The fourth-order valence-electron chi connectivity index (χ4n) is 2.82. The minimum atomic E-state index is -0.276. The van der Waals surface area contributed by atoms with E-state index in [0.29, 0.717) is 8.95 Å². The van der Waals surface area contributed by atoms with E-state index in [4.69, 9.17) is 9.15 Å². The molecule has 1 aromatic heterocycles. The highest BCUT2D eigenvalue weighted by Gasteiger charge is 2.24. The number of aryl methyl sites for hydroxylation is 1. The third-order valence-electron chi connectivity index (χ3n) is 3.87. The molecule has 3 aromatic rings. The van der Waals surface area contributed by atoms with Crippen LogP contribution in [0.15, 0.2) is 49.8 Å². The molecule has 0 spiro atoms. The smallest absolute Gasteiger partial charge is 0.143 e. The quantitative estimate of drug-likeness (QED) is 0.545. The van der Waals surface area contributed by atoms with Crippen molar-refractivity contribution >= 4 is 42.8 Å². The Bertz CT molecular complexity index is 832. The van der Waals surface area contributed by atoms with Crippen LogP contribution in [0.3, 0.4) is 0 Å². The fraction of sp³-hybridized carbons (Fsp3) is 0.222. The Morgan fingerprint density at radius 1 is 1.17 bits per heavy atom. The predicted molar refractivity (Wildman–Crippen MR) is 98.0 cm³/mol. The topological polar surface area (TPSA) is 42.6 Å². The Morgan fingerprint density at radius 2 is 1.83 bits per heavy atom. The zero-order chi connectivity index (χ0) is 16.6. The van der Waals surface area contributed by atoms with E-state index < -0.39 is 0 Å². The van der Waals surface area contributed by atoms with Gasteiger partial charge in [0.15, 0.2) is 0 Å². The number of para-hydroxylation sites is 1. The molecule has 1 atom stereocenters. The van der Waals surface area contributed by atoms with Crippen LogP contribution in [0.2, 0.25) is 0 Å². The van der Waals surface area contributed by atoms with Crippen LogP contribution in [0.1, 0.15) is 29.9 Å². The average Bonchev–Trinajstić information content (AvgIpc) is 2.92. The molecule has 0 aliphatic carbocycles. The van der Waals surface area contributed by atoms with Gasteiger partial charge < -0.3 is 14.3 Å². The first-order valence-corrected chi connectivity index (χ1v) is 8.86. The molecule has 120 valence electrons. The van der Waals surface area contributed by atoms with Crippen molar-refractivity contribution < 1.29 is 14.3 Å². The van der Waals surface area contributed by atoms with Crippen molar-refractivity contribution in [2.45, 2.75) is 19.4 Å². The van der Waals surface area contributed by atoms with Gasteiger partial charge in [0.2, 0.25) is 0 Å². The van der Waals surface area contributed by atoms with Crippen molar-refractivity contribution in [3.63, 3.8) is 0 Å². The number of methoxy groups -OCH3 is 1. The van der Waals surface area contributed by atoms with E-state index in [1.54, 1.807) is 7.11 Å². The van der Waals surface area contributed by atoms with E-state index in [2.05, 4.69) is 38.8 Å². The highest BCUT2D eigenvalue weighted by Crippen LogP contribution is 2.41. The summed E-state index contributed by atoms with van der Waals surface area (Å²) in [5.74, 6) is 1.09. The Morgan fingerprint density at radius 3 is 2.43 bits per heavy atom. The number of hydrogen-bond acceptors (Lipinski definition) is 3. The van der Waals surface area contributed by atoms with Crippen molar-refractivity contribution in [1.82, 2.24) is 0 Å². The summed E-state index contributed by atoms with van der Waals surface area (Å²) in [6, 6.07) is 11.7. The summed E-state index contributed by atoms with van der Waals surface area (Å²) in [4.78, 5) is 0. The molecular weight excluding hydrogens is 424 g/mol. The maximum Gasteiger partial charge on any atom is 0.143 e. The highest BCUT2D eigenvalue weighted by atomic mass is 79.9. The Labute approximate surface area is 151 Å². The first-order chi connectivity index (χ1) is 11.1. The van der Waals surface area contributed by atoms with Gasteiger partial charge in [0.05, 0.1) is 8.95 Å². The molecule has 1 heterocycles. The molecule has 0 aliphatic rings. The summed E-state index contributed by atoms with van der Waals surface area (Å²) in [5.41, 5.74) is 2.83. The zero-order valence-electron chi connectivity index (χ0n) is 12.8. The number of phenolic OH excluding ortho intramolecular Hbond substituents is 1. The molecule has 0 bridgehead atoms. The van der Waals surface area contributed by atoms with Gasteiger partial charge in [-0.1, -0.05) is 25.1 Å². The molecule has 0 radical (unpaired) electrons. The third kappa shape index (κ3) is 2.93. The second kappa shape index (κ2) is 6.67. The lowest BCUT2D eigenvalue weighted by molar-refractivity contribution is 0.135. The number of aromatic hydroxyl groups is 1. The summed E-state index contributed by atoms with van der Waals surface area (Å²) in [6.07, 6.45) is 0.506. The molecule has 3 nitrogen and oxygen atoms in total. The van der Waals surface area contributed by atoms with Crippen LogP contribution in [0.5, 0.6) is 5.75 Å². The van der Waals surface area contributed by atoms with Gasteiger partial charge in [-0.15, -0.1) is 0 Å². The maximum absolute atomic E-state index is 9.94. The number of benzene rings is 2. The Hall–Kier alpha value is -1.30. The van der Waals surface area contributed by atoms with Crippen molar-refractivity contribution in [3.05, 3.63) is 62.2 Å². The Balaban J connectivity index is 2.22. The van der Waals surface area contributed by atoms with Gasteiger partial charge in [-0.05, 0) is 55.6 Å². The molecule has 5 heteroatoms. The number of fused-ring (bicyclic) bond motifs is 1. The number of ether oxygens (including phenoxy) is 1. The summed E-state index contributed by atoms with van der Waals surface area (Å²) >= 11 is 6.77. The molecule has 2 aromatic carbocycles. The van der Waals surface area contributed by atoms with Gasteiger partial charge in [0.25, 0.3) is 0 Å². The molecule has 1 unspecified atom stereocenters. The van der Waals surface area contributed by atoms with Gasteiger partial charge in [-0.2, -0.15) is 0 Å². The second-order valence-electron chi connectivity index (χ2n) is 5.24. The molecule has 3 rings (SSSR count). The number of rotatable bonds is 4. The van der Waals surface area contributed by atoms with Crippen LogP contribution in [0.4, 0.5) is 0 Å². The monoisotopic (exact) mass is 438 g/mol. The highest BCUT2D eigenvalue weighted by molar-refractivity contribution is 9.11. The normalized spacial score (nSPS) is 12.7. The predicted octanol–water partition coefficient (Wildman–Crippen LogP) is 5.96. The minimum absolute atomic E-state index is 0.177. The van der Waals surface area contributed by atoms with Gasteiger partial charge in [-0.3, -0.25) is 0 Å². The van der Waals surface area contributed by atoms with Crippen LogP contribution in [0.25, 0.3) is 11.0 Å². The maximum atomic E-state index is 9.94. The summed E-state index contributed by atoms with van der Waals surface area (Å²) in [5, 5.41) is 11.0. The van der Waals surface area contributed by atoms with Crippen molar-refractivity contribution in [2.24, 2.45) is 0 Å². The van der Waals surface area contributed by atoms with E-state index in [0.717, 1.165) is 34.3 Å². The van der Waals surface area contributed by atoms with Crippen LogP contribution >= 0.6 is 31.9 Å². The molecule has 23 heavy (non-hydrogen) atoms. The number of phenols is 1. The lowest BCUT2D eigenvalue weighted by Crippen LogP contribution is -2.05. The van der Waals surface area contributed by atoms with Gasteiger partial charge in [0, 0.05) is 24.5 Å². The van der Waals surface area contributed by atoms with Crippen molar-refractivity contribution in [1.29, 1.82) is 0 Å². The van der Waals surface area contributed by atoms with Crippen LogP contribution in [0, 0.1) is 0 Å². The SMILES string of the molecule is CCc1oc2ccccc2c1C(OC)c1cc(Br)c(O)c(Br)c1. The summed E-state index contributed by atoms with van der Waals surface area (Å²) in [6.45, 7) is 2.07. The van der Waals surface area contributed by atoms with Gasteiger partial charge in [0.1, 0.15) is 23.2 Å².